The number of ether oxygens (including phenoxy) is 1. The molecule has 1 N–H and O–H groups in total. The van der Waals surface area contributed by atoms with Crippen LogP contribution in [0.15, 0.2) is 41.3 Å². The quantitative estimate of drug-likeness (QED) is 0.788. The molecule has 5 nitrogen and oxygen atoms in total. The van der Waals surface area contributed by atoms with Crippen LogP contribution < -0.4 is 4.72 Å². The molecule has 0 unspecified atom stereocenters. The zero-order valence-corrected chi connectivity index (χ0v) is 14.7. The van der Waals surface area contributed by atoms with Crippen molar-refractivity contribution in [3.05, 3.63) is 57.0 Å². The van der Waals surface area contributed by atoms with Crippen LogP contribution in [-0.2, 0) is 14.8 Å². The molecule has 2 rings (SSSR count). The van der Waals surface area contributed by atoms with E-state index in [1.807, 2.05) is 0 Å². The molecule has 122 valence electrons. The molecule has 0 saturated heterocycles. The summed E-state index contributed by atoms with van der Waals surface area (Å²) in [6.45, 7) is 0. The molecule has 0 aliphatic rings. The predicted octanol–water partition coefficient (Wildman–Crippen LogP) is 4.23. The summed E-state index contributed by atoms with van der Waals surface area (Å²) >= 11 is 17.5. The van der Waals surface area contributed by atoms with Crippen molar-refractivity contribution in [2.45, 2.75) is 4.90 Å². The summed E-state index contributed by atoms with van der Waals surface area (Å²) in [7, 11) is -2.80. The Morgan fingerprint density at radius 3 is 2.35 bits per heavy atom. The van der Waals surface area contributed by atoms with E-state index in [0.29, 0.717) is 0 Å². The van der Waals surface area contributed by atoms with Gasteiger partial charge >= 0.3 is 5.97 Å². The van der Waals surface area contributed by atoms with Gasteiger partial charge in [0.2, 0.25) is 0 Å². The minimum Gasteiger partial charge on any atom is -0.465 e. The van der Waals surface area contributed by atoms with Gasteiger partial charge in [0.15, 0.2) is 0 Å². The molecule has 0 aliphatic carbocycles. The number of nitrogens with one attached hydrogen (secondary N) is 1. The van der Waals surface area contributed by atoms with Gasteiger partial charge in [-0.25, -0.2) is 13.2 Å². The van der Waals surface area contributed by atoms with Crippen molar-refractivity contribution in [2.24, 2.45) is 0 Å². The lowest BCUT2D eigenvalue weighted by atomic mass is 10.2. The summed E-state index contributed by atoms with van der Waals surface area (Å²) in [5.74, 6) is -0.700. The van der Waals surface area contributed by atoms with Crippen molar-refractivity contribution < 1.29 is 17.9 Å². The topological polar surface area (TPSA) is 72.5 Å². The lowest BCUT2D eigenvalue weighted by molar-refractivity contribution is 0.0602. The van der Waals surface area contributed by atoms with E-state index in [2.05, 4.69) is 9.46 Å². The number of halogens is 3. The average molecular weight is 395 g/mol. The van der Waals surface area contributed by atoms with E-state index < -0.39 is 16.0 Å². The second kappa shape index (κ2) is 6.97. The first kappa shape index (κ1) is 17.9. The predicted molar refractivity (Wildman–Crippen MR) is 90.1 cm³/mol. The zero-order chi connectivity index (χ0) is 17.2. The number of hydrogen-bond donors (Lipinski definition) is 1. The Balaban J connectivity index is 2.46. The Hall–Kier alpha value is -1.47. The minimum atomic E-state index is -3.99. The van der Waals surface area contributed by atoms with Gasteiger partial charge in [-0.15, -0.1) is 0 Å². The molecular formula is C14H10Cl3NO4S. The Morgan fingerprint density at radius 1 is 1.04 bits per heavy atom. The number of rotatable bonds is 4. The van der Waals surface area contributed by atoms with Crippen LogP contribution in [0.25, 0.3) is 0 Å². The highest BCUT2D eigenvalue weighted by molar-refractivity contribution is 7.92. The molecule has 0 aliphatic heterocycles. The highest BCUT2D eigenvalue weighted by Gasteiger charge is 2.20. The van der Waals surface area contributed by atoms with E-state index in [-0.39, 0.29) is 31.2 Å². The van der Waals surface area contributed by atoms with Crippen molar-refractivity contribution in [1.82, 2.24) is 0 Å². The molecule has 0 bridgehead atoms. The highest BCUT2D eigenvalue weighted by Crippen LogP contribution is 2.28. The van der Waals surface area contributed by atoms with Crippen molar-refractivity contribution in [3.8, 4) is 0 Å². The van der Waals surface area contributed by atoms with Gasteiger partial charge < -0.3 is 4.74 Å². The first-order valence-corrected chi connectivity index (χ1v) is 8.72. The first-order valence-electron chi connectivity index (χ1n) is 6.10. The van der Waals surface area contributed by atoms with E-state index in [0.717, 1.165) is 0 Å². The molecule has 0 fully saturated rings. The number of anilines is 1. The SMILES string of the molecule is COC(=O)c1ccc(Cl)cc1NS(=O)(=O)c1ccc(Cl)c(Cl)c1. The van der Waals surface area contributed by atoms with Gasteiger partial charge in [-0.3, -0.25) is 4.72 Å². The lowest BCUT2D eigenvalue weighted by Crippen LogP contribution is -2.16. The Bertz CT molecular complexity index is 868. The fourth-order valence-electron chi connectivity index (χ4n) is 1.74. The fourth-order valence-corrected chi connectivity index (χ4v) is 3.37. The van der Waals surface area contributed by atoms with Crippen molar-refractivity contribution in [1.29, 1.82) is 0 Å². The van der Waals surface area contributed by atoms with Crippen LogP contribution in [-0.4, -0.2) is 21.5 Å². The van der Waals surface area contributed by atoms with Crippen LogP contribution in [0, 0.1) is 0 Å². The summed E-state index contributed by atoms with van der Waals surface area (Å²) in [6.07, 6.45) is 0. The molecule has 0 spiro atoms. The van der Waals surface area contributed by atoms with E-state index >= 15 is 0 Å². The second-order valence-corrected chi connectivity index (χ2v) is 7.30. The molecule has 0 radical (unpaired) electrons. The number of hydrogen-bond acceptors (Lipinski definition) is 4. The third kappa shape index (κ3) is 4.09. The van der Waals surface area contributed by atoms with Crippen molar-refractivity contribution in [2.75, 3.05) is 11.8 Å². The van der Waals surface area contributed by atoms with E-state index in [1.165, 1.54) is 43.5 Å². The molecule has 0 atom stereocenters. The van der Waals surface area contributed by atoms with Gasteiger partial charge in [0, 0.05) is 5.02 Å². The van der Waals surface area contributed by atoms with E-state index in [1.54, 1.807) is 0 Å². The van der Waals surface area contributed by atoms with Crippen LogP contribution in [0.5, 0.6) is 0 Å². The van der Waals surface area contributed by atoms with Crippen LogP contribution in [0.2, 0.25) is 15.1 Å². The third-order valence-corrected chi connectivity index (χ3v) is 5.17. The standard InChI is InChI=1S/C14H10Cl3NO4S/c1-22-14(19)10-4-2-8(15)6-13(10)18-23(20,21)9-3-5-11(16)12(17)7-9/h2-7,18H,1H3. The summed E-state index contributed by atoms with van der Waals surface area (Å²) < 4.78 is 31.8. The lowest BCUT2D eigenvalue weighted by Gasteiger charge is -2.12. The summed E-state index contributed by atoms with van der Waals surface area (Å²) in [5, 5.41) is 0.571. The van der Waals surface area contributed by atoms with Gasteiger partial charge in [-0.2, -0.15) is 0 Å². The number of sulfonamides is 1. The number of esters is 1. The van der Waals surface area contributed by atoms with Crippen LogP contribution >= 0.6 is 34.8 Å². The van der Waals surface area contributed by atoms with Gasteiger partial charge in [0.25, 0.3) is 10.0 Å². The maximum absolute atomic E-state index is 12.4. The minimum absolute atomic E-state index is 0.00424. The number of benzene rings is 2. The molecule has 9 heteroatoms. The molecule has 0 heterocycles. The number of carbonyl (C=O) groups is 1. The largest absolute Gasteiger partial charge is 0.465 e. The smallest absolute Gasteiger partial charge is 0.339 e. The highest BCUT2D eigenvalue weighted by atomic mass is 35.5. The maximum atomic E-state index is 12.4. The third-order valence-electron chi connectivity index (χ3n) is 2.83. The summed E-state index contributed by atoms with van der Waals surface area (Å²) in [4.78, 5) is 11.6. The molecule has 2 aromatic carbocycles. The van der Waals surface area contributed by atoms with E-state index in [4.69, 9.17) is 34.8 Å². The molecule has 23 heavy (non-hydrogen) atoms. The maximum Gasteiger partial charge on any atom is 0.339 e. The van der Waals surface area contributed by atoms with Gasteiger partial charge in [-0.05, 0) is 36.4 Å². The average Bonchev–Trinajstić information content (AvgIpc) is 2.49. The summed E-state index contributed by atoms with van der Waals surface area (Å²) in [6, 6.07) is 7.97. The van der Waals surface area contributed by atoms with Crippen molar-refractivity contribution >= 4 is 56.5 Å². The van der Waals surface area contributed by atoms with Crippen LogP contribution in [0.4, 0.5) is 5.69 Å². The number of methoxy groups -OCH3 is 1. The Kier molecular flexibility index (Phi) is 5.41. The van der Waals surface area contributed by atoms with Crippen LogP contribution in [0.1, 0.15) is 10.4 Å². The fraction of sp³-hybridized carbons (Fsp3) is 0.0714. The van der Waals surface area contributed by atoms with Gasteiger partial charge in [0.05, 0.1) is 33.3 Å². The van der Waals surface area contributed by atoms with E-state index in [9.17, 15) is 13.2 Å². The Labute approximate surface area is 148 Å². The molecule has 0 saturated carbocycles. The zero-order valence-electron chi connectivity index (χ0n) is 11.6. The normalized spacial score (nSPS) is 11.1. The van der Waals surface area contributed by atoms with Gasteiger partial charge in [-0.1, -0.05) is 34.8 Å². The Morgan fingerprint density at radius 2 is 1.74 bits per heavy atom. The molecule has 2 aromatic rings. The summed E-state index contributed by atoms with van der Waals surface area (Å²) in [5.41, 5.74) is 0.0240. The second-order valence-electron chi connectivity index (χ2n) is 4.36. The van der Waals surface area contributed by atoms with Gasteiger partial charge in [0.1, 0.15) is 0 Å². The molecular weight excluding hydrogens is 385 g/mol. The molecule has 0 amide bonds. The van der Waals surface area contributed by atoms with Crippen LogP contribution in [0.3, 0.4) is 0 Å². The monoisotopic (exact) mass is 393 g/mol. The number of carbonyl (C=O) groups excluding carboxylic acids is 1. The van der Waals surface area contributed by atoms with Crippen molar-refractivity contribution in [3.63, 3.8) is 0 Å². The molecule has 0 aromatic heterocycles. The first-order chi connectivity index (χ1) is 10.7.